The maximum absolute atomic E-state index is 12.8. The van der Waals surface area contributed by atoms with Gasteiger partial charge in [0.2, 0.25) is 0 Å². The second-order valence-electron chi connectivity index (χ2n) is 4.04. The average molecular weight is 213 g/mol. The molecule has 0 spiro atoms. The van der Waals surface area contributed by atoms with Crippen LogP contribution in [0.1, 0.15) is 18.4 Å². The van der Waals surface area contributed by atoms with E-state index in [4.69, 9.17) is 0 Å². The molecule has 0 aromatic heterocycles. The van der Waals surface area contributed by atoms with Crippen molar-refractivity contribution in [2.75, 3.05) is 20.6 Å². The van der Waals surface area contributed by atoms with Gasteiger partial charge in [-0.2, -0.15) is 0 Å². The van der Waals surface area contributed by atoms with Crippen LogP contribution < -0.4 is 0 Å². The van der Waals surface area contributed by atoms with Crippen LogP contribution in [-0.4, -0.2) is 25.5 Å². The molecule has 15 heavy (non-hydrogen) atoms. The smallest absolute Gasteiger partial charge is 0.126 e. The lowest BCUT2D eigenvalue weighted by Gasteiger charge is -2.08. The summed E-state index contributed by atoms with van der Waals surface area (Å²) in [5.74, 6) is -0.977. The summed E-state index contributed by atoms with van der Waals surface area (Å²) in [6, 6.07) is 3.71. The molecule has 1 rings (SSSR count). The summed E-state index contributed by atoms with van der Waals surface area (Å²) in [4.78, 5) is 2.10. The summed E-state index contributed by atoms with van der Waals surface area (Å²) in [6.07, 6.45) is 2.74. The van der Waals surface area contributed by atoms with E-state index in [2.05, 4.69) is 4.90 Å². The summed E-state index contributed by atoms with van der Waals surface area (Å²) < 4.78 is 25.6. The fraction of sp³-hybridized carbons (Fsp3) is 0.500. The monoisotopic (exact) mass is 213 g/mol. The molecular formula is C12H17F2N. The Morgan fingerprint density at radius 1 is 1.00 bits per heavy atom. The number of unbranched alkanes of at least 4 members (excludes halogenated alkanes) is 1. The first kappa shape index (κ1) is 12.1. The minimum Gasteiger partial charge on any atom is -0.309 e. The van der Waals surface area contributed by atoms with Crippen molar-refractivity contribution in [2.45, 2.75) is 19.3 Å². The van der Waals surface area contributed by atoms with Gasteiger partial charge in [-0.1, -0.05) is 0 Å². The molecule has 0 aliphatic carbocycles. The fourth-order valence-electron chi connectivity index (χ4n) is 1.51. The number of benzene rings is 1. The molecule has 3 heteroatoms. The number of hydrogen-bond acceptors (Lipinski definition) is 1. The molecule has 0 radical (unpaired) electrons. The van der Waals surface area contributed by atoms with Crippen LogP contribution >= 0.6 is 0 Å². The molecule has 0 aliphatic heterocycles. The third kappa shape index (κ3) is 4.88. The lowest BCUT2D eigenvalue weighted by Crippen LogP contribution is -2.12. The van der Waals surface area contributed by atoms with Gasteiger partial charge in [0.15, 0.2) is 0 Å². The van der Waals surface area contributed by atoms with Gasteiger partial charge in [0.1, 0.15) is 11.6 Å². The van der Waals surface area contributed by atoms with E-state index in [0.29, 0.717) is 0 Å². The van der Waals surface area contributed by atoms with Crippen molar-refractivity contribution in [3.05, 3.63) is 35.4 Å². The first-order chi connectivity index (χ1) is 7.08. The van der Waals surface area contributed by atoms with Crippen molar-refractivity contribution >= 4 is 0 Å². The molecular weight excluding hydrogens is 196 g/mol. The summed E-state index contributed by atoms with van der Waals surface area (Å²) >= 11 is 0. The fourth-order valence-corrected chi connectivity index (χ4v) is 1.51. The highest BCUT2D eigenvalue weighted by Crippen LogP contribution is 2.10. The van der Waals surface area contributed by atoms with Crippen LogP contribution in [0.4, 0.5) is 8.78 Å². The molecule has 0 amide bonds. The second-order valence-corrected chi connectivity index (χ2v) is 4.04. The largest absolute Gasteiger partial charge is 0.309 e. The van der Waals surface area contributed by atoms with Crippen LogP contribution in [0.2, 0.25) is 0 Å². The molecule has 0 fully saturated rings. The number of aryl methyl sites for hydroxylation is 1. The van der Waals surface area contributed by atoms with Gasteiger partial charge in [-0.3, -0.25) is 0 Å². The highest BCUT2D eigenvalue weighted by atomic mass is 19.1. The van der Waals surface area contributed by atoms with Gasteiger partial charge >= 0.3 is 0 Å². The Labute approximate surface area is 89.7 Å². The van der Waals surface area contributed by atoms with E-state index in [9.17, 15) is 8.78 Å². The van der Waals surface area contributed by atoms with E-state index < -0.39 is 11.6 Å². The Morgan fingerprint density at radius 2 is 1.60 bits per heavy atom. The van der Waals surface area contributed by atoms with E-state index in [1.165, 1.54) is 12.1 Å². The van der Waals surface area contributed by atoms with Gasteiger partial charge in [0.25, 0.3) is 0 Å². The lowest BCUT2D eigenvalue weighted by molar-refractivity contribution is 0.394. The van der Waals surface area contributed by atoms with Crippen LogP contribution in [0, 0.1) is 11.6 Å². The predicted octanol–water partition coefficient (Wildman–Crippen LogP) is 2.85. The van der Waals surface area contributed by atoms with Gasteiger partial charge in [0.05, 0.1) is 0 Å². The maximum atomic E-state index is 12.8. The molecule has 1 nitrogen and oxygen atoms in total. The number of halogens is 2. The molecule has 0 saturated carbocycles. The number of hydrogen-bond donors (Lipinski definition) is 0. The summed E-state index contributed by atoms with van der Waals surface area (Å²) in [6.45, 7) is 1.01. The molecule has 0 aliphatic rings. The average Bonchev–Trinajstić information content (AvgIpc) is 2.10. The first-order valence-corrected chi connectivity index (χ1v) is 5.17. The molecule has 1 aromatic carbocycles. The zero-order chi connectivity index (χ0) is 11.3. The van der Waals surface area contributed by atoms with Crippen LogP contribution in [0.25, 0.3) is 0 Å². The SMILES string of the molecule is CN(C)CCCCc1cc(F)cc(F)c1. The van der Waals surface area contributed by atoms with E-state index in [1.54, 1.807) is 0 Å². The third-order valence-corrected chi connectivity index (χ3v) is 2.24. The van der Waals surface area contributed by atoms with Crippen molar-refractivity contribution in [3.8, 4) is 0 Å². The van der Waals surface area contributed by atoms with E-state index in [0.717, 1.165) is 37.4 Å². The number of rotatable bonds is 5. The third-order valence-electron chi connectivity index (χ3n) is 2.24. The number of nitrogens with zero attached hydrogens (tertiary/aromatic N) is 1. The van der Waals surface area contributed by atoms with Crippen LogP contribution in [0.15, 0.2) is 18.2 Å². The van der Waals surface area contributed by atoms with Gasteiger partial charge in [-0.05, 0) is 57.6 Å². The molecule has 0 heterocycles. The Bertz CT molecular complexity index is 290. The minimum atomic E-state index is -0.488. The minimum absolute atomic E-state index is 0.488. The first-order valence-electron chi connectivity index (χ1n) is 5.17. The summed E-state index contributed by atoms with van der Waals surface area (Å²) in [5.41, 5.74) is 0.742. The summed E-state index contributed by atoms with van der Waals surface area (Å²) in [5, 5.41) is 0. The van der Waals surface area contributed by atoms with Crippen molar-refractivity contribution in [2.24, 2.45) is 0 Å². The standard InChI is InChI=1S/C12H17F2N/c1-15(2)6-4-3-5-10-7-11(13)9-12(14)8-10/h7-9H,3-6H2,1-2H3. The molecule has 0 saturated heterocycles. The van der Waals surface area contributed by atoms with Gasteiger partial charge < -0.3 is 4.90 Å². The highest BCUT2D eigenvalue weighted by Gasteiger charge is 2.00. The second kappa shape index (κ2) is 5.81. The summed E-state index contributed by atoms with van der Waals surface area (Å²) in [7, 11) is 4.03. The Hall–Kier alpha value is -0.960. The van der Waals surface area contributed by atoms with E-state index in [-0.39, 0.29) is 0 Å². The highest BCUT2D eigenvalue weighted by molar-refractivity contribution is 5.17. The van der Waals surface area contributed by atoms with Crippen molar-refractivity contribution < 1.29 is 8.78 Å². The Kier molecular flexibility index (Phi) is 4.69. The Balaban J connectivity index is 2.37. The molecule has 0 bridgehead atoms. The predicted molar refractivity (Wildman–Crippen MR) is 57.9 cm³/mol. The zero-order valence-corrected chi connectivity index (χ0v) is 9.26. The zero-order valence-electron chi connectivity index (χ0n) is 9.26. The van der Waals surface area contributed by atoms with Gasteiger partial charge in [-0.15, -0.1) is 0 Å². The van der Waals surface area contributed by atoms with Crippen molar-refractivity contribution in [3.63, 3.8) is 0 Å². The normalized spacial score (nSPS) is 11.0. The van der Waals surface area contributed by atoms with Crippen LogP contribution in [0.5, 0.6) is 0 Å². The molecule has 1 aromatic rings. The van der Waals surface area contributed by atoms with Gasteiger partial charge in [0, 0.05) is 6.07 Å². The topological polar surface area (TPSA) is 3.24 Å². The molecule has 0 unspecified atom stereocenters. The van der Waals surface area contributed by atoms with E-state index in [1.807, 2.05) is 14.1 Å². The maximum Gasteiger partial charge on any atom is 0.126 e. The van der Waals surface area contributed by atoms with Crippen molar-refractivity contribution in [1.29, 1.82) is 0 Å². The van der Waals surface area contributed by atoms with Gasteiger partial charge in [-0.25, -0.2) is 8.78 Å². The van der Waals surface area contributed by atoms with Crippen molar-refractivity contribution in [1.82, 2.24) is 4.90 Å². The molecule has 0 atom stereocenters. The Morgan fingerprint density at radius 3 is 2.13 bits per heavy atom. The molecule has 84 valence electrons. The van der Waals surface area contributed by atoms with E-state index >= 15 is 0 Å². The molecule has 0 N–H and O–H groups in total. The van der Waals surface area contributed by atoms with Crippen LogP contribution in [0.3, 0.4) is 0 Å². The quantitative estimate of drug-likeness (QED) is 0.680. The van der Waals surface area contributed by atoms with Crippen LogP contribution in [-0.2, 0) is 6.42 Å². The lowest BCUT2D eigenvalue weighted by atomic mass is 10.1.